The average molecular weight is 475 g/mol. The van der Waals surface area contributed by atoms with Gasteiger partial charge < -0.3 is 20.1 Å². The molecule has 3 rings (SSSR count). The summed E-state index contributed by atoms with van der Waals surface area (Å²) in [7, 11) is 1.44. The van der Waals surface area contributed by atoms with Crippen LogP contribution in [-0.4, -0.2) is 35.0 Å². The van der Waals surface area contributed by atoms with Crippen molar-refractivity contribution in [2.75, 3.05) is 18.8 Å². The van der Waals surface area contributed by atoms with Crippen LogP contribution in [0.25, 0.3) is 6.08 Å². The molecule has 1 aliphatic heterocycles. The van der Waals surface area contributed by atoms with Gasteiger partial charge in [0.25, 0.3) is 5.91 Å². The third-order valence-electron chi connectivity index (χ3n) is 5.16. The van der Waals surface area contributed by atoms with Crippen molar-refractivity contribution in [1.82, 2.24) is 9.88 Å². The molecule has 1 atom stereocenters. The molecule has 0 unspecified atom stereocenters. The molecule has 0 radical (unpaired) electrons. The lowest BCUT2D eigenvalue weighted by Crippen LogP contribution is -2.51. The average Bonchev–Trinajstić information content (AvgIpc) is 2.75. The second kappa shape index (κ2) is 9.70. The molecule has 2 N–H and O–H groups in total. The Bertz CT molecular complexity index is 1080. The van der Waals surface area contributed by atoms with E-state index in [-0.39, 0.29) is 29.1 Å². The van der Waals surface area contributed by atoms with E-state index >= 15 is 0 Å². The molecule has 1 aromatic carbocycles. The van der Waals surface area contributed by atoms with Crippen molar-refractivity contribution in [2.24, 2.45) is 5.73 Å². The number of ether oxygens (including phenoxy) is 2. The molecule has 1 fully saturated rings. The molecule has 0 saturated carbocycles. The number of methoxy groups -OCH3 is 1. The predicted molar refractivity (Wildman–Crippen MR) is 127 cm³/mol. The molecular weight excluding hydrogens is 447 g/mol. The Morgan fingerprint density at radius 3 is 2.73 bits per heavy atom. The number of nitrogens with two attached hydrogens (primary N) is 1. The summed E-state index contributed by atoms with van der Waals surface area (Å²) in [6.07, 6.45) is 4.44. The number of allylic oxidation sites excluding steroid dienone is 1. The third kappa shape index (κ3) is 5.76. The lowest BCUT2D eigenvalue weighted by Gasteiger charge is -2.42. The number of anilines is 1. The number of aromatic nitrogens is 1. The van der Waals surface area contributed by atoms with Gasteiger partial charge in [-0.3, -0.25) is 4.79 Å². The molecule has 1 aliphatic rings. The first-order chi connectivity index (χ1) is 15.5. The van der Waals surface area contributed by atoms with Gasteiger partial charge in [-0.1, -0.05) is 28.2 Å². The van der Waals surface area contributed by atoms with Crippen molar-refractivity contribution in [3.05, 3.63) is 70.5 Å². The summed E-state index contributed by atoms with van der Waals surface area (Å²) in [5.74, 6) is 0.211. The lowest BCUT2D eigenvalue weighted by molar-refractivity contribution is -0.149. The van der Waals surface area contributed by atoms with Gasteiger partial charge in [0.2, 0.25) is 0 Å². The number of halogens is 2. The van der Waals surface area contributed by atoms with Crippen molar-refractivity contribution < 1.29 is 18.7 Å². The summed E-state index contributed by atoms with van der Waals surface area (Å²) < 4.78 is 25.7. The Hall–Kier alpha value is -3.26. The second-order valence-electron chi connectivity index (χ2n) is 8.51. The molecule has 2 aromatic rings. The van der Waals surface area contributed by atoms with Crippen LogP contribution in [0.15, 0.2) is 54.2 Å². The number of benzene rings is 1. The number of rotatable bonds is 6. The fraction of sp³-hybridized carbons (Fsp3) is 0.333. The summed E-state index contributed by atoms with van der Waals surface area (Å²) in [6, 6.07) is 8.16. The minimum absolute atomic E-state index is 0.185. The first kappa shape index (κ1) is 24.4. The maximum Gasteiger partial charge on any atom is 0.289 e. The molecule has 33 heavy (non-hydrogen) atoms. The van der Waals surface area contributed by atoms with Crippen LogP contribution in [0.4, 0.5) is 10.2 Å². The highest BCUT2D eigenvalue weighted by atomic mass is 35.5. The minimum Gasteiger partial charge on any atom is -0.494 e. The van der Waals surface area contributed by atoms with Gasteiger partial charge in [0.05, 0.1) is 25.9 Å². The lowest BCUT2D eigenvalue weighted by atomic mass is 10.0. The number of amides is 1. The fourth-order valence-corrected chi connectivity index (χ4v) is 3.69. The van der Waals surface area contributed by atoms with Crippen LogP contribution >= 0.6 is 11.6 Å². The summed E-state index contributed by atoms with van der Waals surface area (Å²) >= 11 is 5.90. The zero-order valence-corrected chi connectivity index (χ0v) is 20.1. The molecule has 0 aliphatic carbocycles. The number of nitrogens with zero attached hydrogens (tertiary/aromatic N) is 3. The van der Waals surface area contributed by atoms with Gasteiger partial charge in [-0.25, -0.2) is 4.98 Å². The van der Waals surface area contributed by atoms with E-state index in [4.69, 9.17) is 26.8 Å². The molecule has 1 amide bonds. The zero-order chi connectivity index (χ0) is 24.3. The molecule has 0 bridgehead atoms. The number of carbonyl (C=O) groups is 1. The highest BCUT2D eigenvalue weighted by Crippen LogP contribution is 2.34. The van der Waals surface area contributed by atoms with Crippen LogP contribution in [0.5, 0.6) is 5.75 Å². The number of morpholine rings is 1. The molecule has 9 heteroatoms. The summed E-state index contributed by atoms with van der Waals surface area (Å²) in [4.78, 5) is 19.2. The monoisotopic (exact) mass is 474 g/mol. The van der Waals surface area contributed by atoms with E-state index in [9.17, 15) is 9.28 Å². The van der Waals surface area contributed by atoms with Gasteiger partial charge in [-0.2, -0.15) is 5.12 Å². The highest BCUT2D eigenvalue weighted by molar-refractivity contribution is 6.29. The number of hydrogen-bond acceptors (Lipinski definition) is 6. The van der Waals surface area contributed by atoms with Crippen LogP contribution in [0.2, 0.25) is 5.15 Å². The molecule has 1 saturated heterocycles. The molecule has 0 spiro atoms. The maximum atomic E-state index is 14.4. The van der Waals surface area contributed by atoms with Crippen molar-refractivity contribution in [3.63, 3.8) is 0 Å². The van der Waals surface area contributed by atoms with Crippen LogP contribution in [-0.2, 0) is 9.53 Å². The van der Waals surface area contributed by atoms with Crippen LogP contribution < -0.4 is 15.6 Å². The summed E-state index contributed by atoms with van der Waals surface area (Å²) in [5.41, 5.74) is 6.93. The van der Waals surface area contributed by atoms with E-state index in [0.29, 0.717) is 28.1 Å². The van der Waals surface area contributed by atoms with E-state index < -0.39 is 5.60 Å². The molecular formula is C24H28ClFN4O3. The maximum absolute atomic E-state index is 14.4. The topological polar surface area (TPSA) is 80.9 Å². The van der Waals surface area contributed by atoms with Gasteiger partial charge >= 0.3 is 0 Å². The quantitative estimate of drug-likeness (QED) is 0.360. The molecule has 1 aromatic heterocycles. The zero-order valence-electron chi connectivity index (χ0n) is 19.3. The Balaban J connectivity index is 1.94. The number of pyridine rings is 1. The molecule has 2 heterocycles. The number of hydrogen-bond donors (Lipinski definition) is 1. The Labute approximate surface area is 198 Å². The van der Waals surface area contributed by atoms with Crippen molar-refractivity contribution in [2.45, 2.75) is 39.3 Å². The van der Waals surface area contributed by atoms with Crippen LogP contribution in [0.1, 0.15) is 44.9 Å². The largest absolute Gasteiger partial charge is 0.494 e. The standard InChI is InChI=1S/C24H28ClFN4O3/c1-15(27)13-30(26)19-8-6-17(10-20(19)32-5)11-21-23(31)29(14-24(3,4)33-21)16(2)18-7-9-22(25)28-12-18/h6-13,16H,14,27H2,1-5H3/b15-13-,21-11-/t16-/m0/s1. The first-order valence-electron chi connectivity index (χ1n) is 10.4. The van der Waals surface area contributed by atoms with E-state index in [1.807, 2.05) is 26.8 Å². The van der Waals surface area contributed by atoms with Crippen molar-refractivity contribution in [1.29, 1.82) is 0 Å². The van der Waals surface area contributed by atoms with E-state index in [2.05, 4.69) is 4.98 Å². The van der Waals surface area contributed by atoms with Crippen molar-refractivity contribution >= 4 is 29.3 Å². The Morgan fingerprint density at radius 2 is 2.12 bits per heavy atom. The van der Waals surface area contributed by atoms with E-state index in [1.54, 1.807) is 48.4 Å². The van der Waals surface area contributed by atoms with Gasteiger partial charge in [0, 0.05) is 11.9 Å². The van der Waals surface area contributed by atoms with Gasteiger partial charge in [-0.15, -0.1) is 0 Å². The smallest absolute Gasteiger partial charge is 0.289 e. The highest BCUT2D eigenvalue weighted by Gasteiger charge is 2.39. The summed E-state index contributed by atoms with van der Waals surface area (Å²) in [6.45, 7) is 7.75. The van der Waals surface area contributed by atoms with Gasteiger partial charge in [0.1, 0.15) is 22.2 Å². The Kier molecular flexibility index (Phi) is 7.17. The van der Waals surface area contributed by atoms with Crippen LogP contribution in [0, 0.1) is 0 Å². The van der Waals surface area contributed by atoms with E-state index in [0.717, 1.165) is 11.8 Å². The molecule has 7 nitrogen and oxygen atoms in total. The summed E-state index contributed by atoms with van der Waals surface area (Å²) in [5, 5.41) is 0.779. The van der Waals surface area contributed by atoms with Gasteiger partial charge in [0.15, 0.2) is 5.76 Å². The minimum atomic E-state index is -0.614. The van der Waals surface area contributed by atoms with Gasteiger partial charge in [-0.05, 0) is 63.1 Å². The normalized spacial score (nSPS) is 18.2. The number of carbonyl (C=O) groups excluding carboxylic acids is 1. The first-order valence-corrected chi connectivity index (χ1v) is 10.8. The molecule has 176 valence electrons. The Morgan fingerprint density at radius 1 is 1.39 bits per heavy atom. The SMILES string of the molecule is COc1cc(/C=C2\OC(C)(C)CN([C@@H](C)c3ccc(Cl)nc3)C2=O)ccc1N(F)/C=C(/C)N. The van der Waals surface area contributed by atoms with E-state index in [1.165, 1.54) is 7.11 Å². The van der Waals surface area contributed by atoms with Crippen LogP contribution in [0.3, 0.4) is 0 Å². The second-order valence-corrected chi connectivity index (χ2v) is 8.90. The van der Waals surface area contributed by atoms with Crippen molar-refractivity contribution in [3.8, 4) is 5.75 Å². The third-order valence-corrected chi connectivity index (χ3v) is 5.38. The fourth-order valence-electron chi connectivity index (χ4n) is 3.58. The predicted octanol–water partition coefficient (Wildman–Crippen LogP) is 4.99.